The Labute approximate surface area is 148 Å². The number of carbonyl (C=O) groups is 3. The molecule has 26 heavy (non-hydrogen) atoms. The molecule has 0 spiro atoms. The lowest BCUT2D eigenvalue weighted by Gasteiger charge is -2.28. The molecule has 2 rings (SSSR count). The number of benzene rings is 1. The first-order valence-corrected chi connectivity index (χ1v) is 7.89. The summed E-state index contributed by atoms with van der Waals surface area (Å²) >= 11 is 0. The van der Waals surface area contributed by atoms with Gasteiger partial charge in [-0.15, -0.1) is 0 Å². The fourth-order valence-electron chi connectivity index (χ4n) is 2.65. The number of ether oxygens (including phenoxy) is 1. The molecule has 0 saturated carbocycles. The highest BCUT2D eigenvalue weighted by Crippen LogP contribution is 2.23. The maximum Gasteiger partial charge on any atom is 0.305 e. The first-order valence-electron chi connectivity index (χ1n) is 7.89. The van der Waals surface area contributed by atoms with Crippen molar-refractivity contribution in [2.45, 2.75) is 31.3 Å². The third-order valence-electron chi connectivity index (χ3n) is 4.04. The van der Waals surface area contributed by atoms with Gasteiger partial charge in [0.1, 0.15) is 6.04 Å². The number of carboxylic acids is 1. The summed E-state index contributed by atoms with van der Waals surface area (Å²) in [6, 6.07) is 4.16. The fourth-order valence-corrected chi connectivity index (χ4v) is 2.65. The van der Waals surface area contributed by atoms with E-state index in [2.05, 4.69) is 10.6 Å². The predicted octanol–water partition coefficient (Wildman–Crippen LogP) is 0.463. The Kier molecular flexibility index (Phi) is 5.88. The van der Waals surface area contributed by atoms with E-state index in [0.717, 1.165) is 6.07 Å². The number of rotatable bonds is 7. The number of hydrogen-bond donors (Lipinski definition) is 3. The molecule has 2 amide bonds. The summed E-state index contributed by atoms with van der Waals surface area (Å²) in [4.78, 5) is 45.7. The topological polar surface area (TPSA) is 148 Å². The SMILES string of the molecule is CC(NC(=O)c1cccc([N+](=O)[O-])c1)C(=O)NC1(CC(=O)O)CCOC1. The van der Waals surface area contributed by atoms with E-state index in [9.17, 15) is 24.5 Å². The van der Waals surface area contributed by atoms with E-state index in [0.29, 0.717) is 13.0 Å². The molecule has 1 aromatic rings. The molecule has 0 aromatic heterocycles. The molecule has 0 radical (unpaired) electrons. The zero-order valence-corrected chi connectivity index (χ0v) is 14.1. The molecule has 10 heteroatoms. The van der Waals surface area contributed by atoms with Crippen LogP contribution in [0, 0.1) is 10.1 Å². The van der Waals surface area contributed by atoms with Crippen LogP contribution in [0.3, 0.4) is 0 Å². The largest absolute Gasteiger partial charge is 0.481 e. The number of aliphatic carboxylic acids is 1. The molecule has 140 valence electrons. The van der Waals surface area contributed by atoms with Gasteiger partial charge < -0.3 is 20.5 Å². The van der Waals surface area contributed by atoms with Gasteiger partial charge in [-0.3, -0.25) is 24.5 Å². The van der Waals surface area contributed by atoms with Crippen molar-refractivity contribution in [3.05, 3.63) is 39.9 Å². The average molecular weight is 365 g/mol. The van der Waals surface area contributed by atoms with Crippen LogP contribution in [0.4, 0.5) is 5.69 Å². The lowest BCUT2D eigenvalue weighted by atomic mass is 9.94. The van der Waals surface area contributed by atoms with Crippen LogP contribution in [0.25, 0.3) is 0 Å². The van der Waals surface area contributed by atoms with E-state index in [4.69, 9.17) is 9.84 Å². The second-order valence-electron chi connectivity index (χ2n) is 6.15. The summed E-state index contributed by atoms with van der Waals surface area (Å²) in [6.45, 7) is 1.85. The maximum absolute atomic E-state index is 12.3. The summed E-state index contributed by atoms with van der Waals surface area (Å²) in [5, 5.41) is 24.9. The lowest BCUT2D eigenvalue weighted by Crippen LogP contribution is -2.56. The number of nitro groups is 1. The minimum absolute atomic E-state index is 0.0447. The maximum atomic E-state index is 12.3. The number of nitrogens with zero attached hydrogens (tertiary/aromatic N) is 1. The molecular formula is C16H19N3O7. The molecule has 1 aromatic carbocycles. The van der Waals surface area contributed by atoms with Gasteiger partial charge >= 0.3 is 5.97 Å². The van der Waals surface area contributed by atoms with Gasteiger partial charge in [0.05, 0.1) is 23.5 Å². The number of carboxylic acid groups (broad SMARTS) is 1. The molecule has 1 aliphatic rings. The first-order chi connectivity index (χ1) is 12.2. The molecule has 2 atom stereocenters. The smallest absolute Gasteiger partial charge is 0.305 e. The molecule has 0 aliphatic carbocycles. The summed E-state index contributed by atoms with van der Waals surface area (Å²) < 4.78 is 5.20. The third-order valence-corrected chi connectivity index (χ3v) is 4.04. The predicted molar refractivity (Wildman–Crippen MR) is 88.6 cm³/mol. The van der Waals surface area contributed by atoms with Crippen molar-refractivity contribution in [2.75, 3.05) is 13.2 Å². The van der Waals surface area contributed by atoms with Gasteiger partial charge in [0.2, 0.25) is 5.91 Å². The van der Waals surface area contributed by atoms with Gasteiger partial charge in [0, 0.05) is 24.3 Å². The second-order valence-corrected chi connectivity index (χ2v) is 6.15. The van der Waals surface area contributed by atoms with Crippen molar-refractivity contribution in [1.82, 2.24) is 10.6 Å². The number of nitro benzene ring substituents is 1. The molecule has 1 aliphatic heterocycles. The van der Waals surface area contributed by atoms with Crippen LogP contribution in [-0.4, -0.2) is 52.6 Å². The van der Waals surface area contributed by atoms with Gasteiger partial charge in [0.25, 0.3) is 11.6 Å². The zero-order chi connectivity index (χ0) is 19.3. The Balaban J connectivity index is 2.02. The Hall–Kier alpha value is -3.01. The number of non-ortho nitro benzene ring substituents is 1. The number of carbonyl (C=O) groups excluding carboxylic acids is 2. The normalized spacial score (nSPS) is 20.2. The van der Waals surface area contributed by atoms with Crippen molar-refractivity contribution in [2.24, 2.45) is 0 Å². The molecule has 3 N–H and O–H groups in total. The van der Waals surface area contributed by atoms with Crippen LogP contribution >= 0.6 is 0 Å². The molecular weight excluding hydrogens is 346 g/mol. The van der Waals surface area contributed by atoms with E-state index in [1.54, 1.807) is 0 Å². The Bertz CT molecular complexity index is 728. The van der Waals surface area contributed by atoms with Gasteiger partial charge in [-0.05, 0) is 19.4 Å². The fraction of sp³-hybridized carbons (Fsp3) is 0.438. The first kappa shape index (κ1) is 19.3. The highest BCUT2D eigenvalue weighted by atomic mass is 16.6. The average Bonchev–Trinajstić information content (AvgIpc) is 3.01. The lowest BCUT2D eigenvalue weighted by molar-refractivity contribution is -0.384. The summed E-state index contributed by atoms with van der Waals surface area (Å²) in [5.74, 6) is -2.27. The molecule has 1 fully saturated rings. The van der Waals surface area contributed by atoms with Crippen molar-refractivity contribution < 1.29 is 29.2 Å². The van der Waals surface area contributed by atoms with Gasteiger partial charge in [-0.25, -0.2) is 0 Å². The van der Waals surface area contributed by atoms with E-state index >= 15 is 0 Å². The summed E-state index contributed by atoms with van der Waals surface area (Å²) in [7, 11) is 0. The number of hydrogen-bond acceptors (Lipinski definition) is 6. The summed E-state index contributed by atoms with van der Waals surface area (Å²) in [5.41, 5.74) is -1.20. The van der Waals surface area contributed by atoms with Crippen LogP contribution in [0.15, 0.2) is 24.3 Å². The highest BCUT2D eigenvalue weighted by Gasteiger charge is 2.39. The summed E-state index contributed by atoms with van der Waals surface area (Å²) in [6.07, 6.45) is 0.0703. The van der Waals surface area contributed by atoms with Crippen LogP contribution < -0.4 is 10.6 Å². The number of nitrogens with one attached hydrogen (secondary N) is 2. The molecule has 2 unspecified atom stereocenters. The Morgan fingerprint density at radius 2 is 2.15 bits per heavy atom. The van der Waals surface area contributed by atoms with E-state index in [1.807, 2.05) is 0 Å². The van der Waals surface area contributed by atoms with E-state index in [-0.39, 0.29) is 24.3 Å². The Morgan fingerprint density at radius 1 is 1.42 bits per heavy atom. The van der Waals surface area contributed by atoms with Crippen LogP contribution in [0.2, 0.25) is 0 Å². The molecule has 0 bridgehead atoms. The zero-order valence-electron chi connectivity index (χ0n) is 14.1. The quantitative estimate of drug-likeness (QED) is 0.469. The van der Waals surface area contributed by atoms with Crippen LogP contribution in [0.1, 0.15) is 30.1 Å². The third kappa shape index (κ3) is 4.76. The van der Waals surface area contributed by atoms with Crippen LogP contribution in [-0.2, 0) is 14.3 Å². The van der Waals surface area contributed by atoms with E-state index < -0.39 is 34.3 Å². The Morgan fingerprint density at radius 3 is 2.73 bits per heavy atom. The molecule has 10 nitrogen and oxygen atoms in total. The highest BCUT2D eigenvalue weighted by molar-refractivity contribution is 5.98. The van der Waals surface area contributed by atoms with Crippen molar-refractivity contribution >= 4 is 23.5 Å². The van der Waals surface area contributed by atoms with Crippen molar-refractivity contribution in [3.63, 3.8) is 0 Å². The van der Waals surface area contributed by atoms with Gasteiger partial charge in [-0.2, -0.15) is 0 Å². The standard InChI is InChI=1S/C16H19N3O7/c1-10(14(22)18-16(8-13(20)21)5-6-26-9-16)17-15(23)11-3-2-4-12(7-11)19(24)25/h2-4,7,10H,5-6,8-9H2,1H3,(H,17,23)(H,18,22)(H,20,21). The molecule has 1 heterocycles. The van der Waals surface area contributed by atoms with Crippen molar-refractivity contribution in [3.8, 4) is 0 Å². The monoisotopic (exact) mass is 365 g/mol. The van der Waals surface area contributed by atoms with E-state index in [1.165, 1.54) is 25.1 Å². The minimum Gasteiger partial charge on any atom is -0.481 e. The van der Waals surface area contributed by atoms with Gasteiger partial charge in [-0.1, -0.05) is 6.07 Å². The second kappa shape index (κ2) is 7.91. The van der Waals surface area contributed by atoms with Crippen LogP contribution in [0.5, 0.6) is 0 Å². The van der Waals surface area contributed by atoms with Crippen molar-refractivity contribution in [1.29, 1.82) is 0 Å². The van der Waals surface area contributed by atoms with Gasteiger partial charge in [0.15, 0.2) is 0 Å². The molecule has 1 saturated heterocycles. The number of amides is 2. The minimum atomic E-state index is -1.07.